The molecule has 0 radical (unpaired) electrons. The number of anilines is 3. The first-order valence-corrected chi connectivity index (χ1v) is 13.8. The molecule has 0 saturated carbocycles. The highest BCUT2D eigenvalue weighted by molar-refractivity contribution is 6.52. The molecule has 4 aromatic rings. The highest BCUT2D eigenvalue weighted by atomic mass is 35.5. The summed E-state index contributed by atoms with van der Waals surface area (Å²) in [5.41, 5.74) is 2.97. The van der Waals surface area contributed by atoms with Gasteiger partial charge in [0.15, 0.2) is 0 Å². The third-order valence-corrected chi connectivity index (χ3v) is 7.41. The van der Waals surface area contributed by atoms with Crippen LogP contribution in [0.1, 0.15) is 27.5 Å². The molecule has 0 spiro atoms. The van der Waals surface area contributed by atoms with Crippen molar-refractivity contribution in [3.8, 4) is 0 Å². The van der Waals surface area contributed by atoms with Gasteiger partial charge in [-0.25, -0.2) is 4.39 Å². The Hall–Kier alpha value is -5.02. The van der Waals surface area contributed by atoms with E-state index in [9.17, 15) is 23.6 Å². The van der Waals surface area contributed by atoms with Crippen LogP contribution in [0.3, 0.4) is 0 Å². The molecule has 1 aliphatic heterocycles. The SMILES string of the molecule is CN(C)c1ccc(NC(=O)C(c2ccc(F)cc2)N(Cc2ccc(Cl)cc2)C(=O)CN2C(=O)C(=O)c3ccccc32)cc1. The maximum atomic E-state index is 14.1. The molecule has 3 amide bonds. The van der Waals surface area contributed by atoms with E-state index < -0.39 is 41.9 Å². The van der Waals surface area contributed by atoms with Gasteiger partial charge < -0.3 is 15.1 Å². The third-order valence-electron chi connectivity index (χ3n) is 7.16. The molecule has 5 rings (SSSR count). The number of carbonyl (C=O) groups excluding carboxylic acids is 4. The fraction of sp³-hybridized carbons (Fsp3) is 0.152. The number of rotatable bonds is 9. The molecule has 1 atom stereocenters. The van der Waals surface area contributed by atoms with Crippen LogP contribution >= 0.6 is 11.6 Å². The van der Waals surface area contributed by atoms with Crippen LogP contribution < -0.4 is 15.1 Å². The van der Waals surface area contributed by atoms with Gasteiger partial charge >= 0.3 is 0 Å². The predicted molar refractivity (Wildman–Crippen MR) is 164 cm³/mol. The van der Waals surface area contributed by atoms with Crippen LogP contribution in [0.25, 0.3) is 0 Å². The molecule has 218 valence electrons. The smallest absolute Gasteiger partial charge is 0.299 e. The van der Waals surface area contributed by atoms with Gasteiger partial charge in [-0.1, -0.05) is 48.0 Å². The number of amides is 3. The summed E-state index contributed by atoms with van der Waals surface area (Å²) in [5, 5.41) is 3.37. The summed E-state index contributed by atoms with van der Waals surface area (Å²) in [6, 6.07) is 24.5. The van der Waals surface area contributed by atoms with E-state index in [-0.39, 0.29) is 12.1 Å². The van der Waals surface area contributed by atoms with Crippen LogP contribution in [-0.2, 0) is 20.9 Å². The monoisotopic (exact) mass is 598 g/mol. The van der Waals surface area contributed by atoms with Crippen molar-refractivity contribution in [1.82, 2.24) is 4.90 Å². The van der Waals surface area contributed by atoms with E-state index >= 15 is 0 Å². The number of nitrogens with zero attached hydrogens (tertiary/aromatic N) is 3. The summed E-state index contributed by atoms with van der Waals surface area (Å²) >= 11 is 6.09. The van der Waals surface area contributed by atoms with Crippen molar-refractivity contribution in [3.05, 3.63) is 125 Å². The number of nitrogens with one attached hydrogen (secondary N) is 1. The molecule has 4 aromatic carbocycles. The first kappa shape index (κ1) is 29.5. The van der Waals surface area contributed by atoms with E-state index in [1.54, 1.807) is 54.6 Å². The Morgan fingerprint density at radius 1 is 0.884 bits per heavy atom. The van der Waals surface area contributed by atoms with Crippen molar-refractivity contribution in [3.63, 3.8) is 0 Å². The Kier molecular flexibility index (Phi) is 8.54. The molecule has 0 aliphatic carbocycles. The van der Waals surface area contributed by atoms with Gasteiger partial charge in [0.25, 0.3) is 17.6 Å². The van der Waals surface area contributed by atoms with Crippen molar-refractivity contribution in [1.29, 1.82) is 0 Å². The van der Waals surface area contributed by atoms with Gasteiger partial charge in [0, 0.05) is 37.0 Å². The maximum absolute atomic E-state index is 14.1. The summed E-state index contributed by atoms with van der Waals surface area (Å²) in [5.74, 6) is -3.18. The van der Waals surface area contributed by atoms with Gasteiger partial charge in [-0.2, -0.15) is 0 Å². The van der Waals surface area contributed by atoms with Crippen LogP contribution in [0, 0.1) is 5.82 Å². The Morgan fingerprint density at radius 2 is 1.53 bits per heavy atom. The zero-order chi connectivity index (χ0) is 30.7. The topological polar surface area (TPSA) is 90.0 Å². The van der Waals surface area contributed by atoms with Crippen molar-refractivity contribution >= 4 is 52.2 Å². The number of hydrogen-bond acceptors (Lipinski definition) is 5. The van der Waals surface area contributed by atoms with Crippen LogP contribution in [0.4, 0.5) is 21.5 Å². The Labute approximate surface area is 253 Å². The van der Waals surface area contributed by atoms with Crippen LogP contribution in [0.2, 0.25) is 5.02 Å². The highest BCUT2D eigenvalue weighted by Gasteiger charge is 2.39. The number of para-hydroxylation sites is 1. The molecule has 10 heteroatoms. The lowest BCUT2D eigenvalue weighted by Crippen LogP contribution is -2.46. The summed E-state index contributed by atoms with van der Waals surface area (Å²) in [6.07, 6.45) is 0. The average molecular weight is 599 g/mol. The second-order valence-corrected chi connectivity index (χ2v) is 10.7. The number of Topliss-reactive ketones (excluding diaryl/α,β-unsaturated/α-hetero) is 1. The standard InChI is InChI=1S/C33H28ClFN4O4/c1-37(2)26-17-15-25(16-18-26)36-32(42)30(22-9-13-24(35)14-10-22)39(19-21-7-11-23(34)12-8-21)29(40)20-38-28-6-4-3-5-27(28)31(41)33(38)43/h3-18,30H,19-20H2,1-2H3,(H,36,42). The lowest BCUT2D eigenvalue weighted by atomic mass is 10.0. The number of carbonyl (C=O) groups is 4. The number of ketones is 1. The van der Waals surface area contributed by atoms with E-state index in [0.29, 0.717) is 27.5 Å². The van der Waals surface area contributed by atoms with Gasteiger partial charge in [0.1, 0.15) is 18.4 Å². The summed E-state index contributed by atoms with van der Waals surface area (Å²) < 4.78 is 14.0. The average Bonchev–Trinajstić information content (AvgIpc) is 3.23. The number of fused-ring (bicyclic) bond motifs is 1. The minimum atomic E-state index is -1.22. The zero-order valence-corrected chi connectivity index (χ0v) is 24.2. The summed E-state index contributed by atoms with van der Waals surface area (Å²) in [7, 11) is 3.80. The number of benzene rings is 4. The van der Waals surface area contributed by atoms with Gasteiger partial charge in [0.05, 0.1) is 11.3 Å². The van der Waals surface area contributed by atoms with Crippen LogP contribution in [0.5, 0.6) is 0 Å². The molecule has 0 saturated heterocycles. The second-order valence-electron chi connectivity index (χ2n) is 10.3. The van der Waals surface area contributed by atoms with E-state index in [1.165, 1.54) is 35.2 Å². The van der Waals surface area contributed by atoms with Crippen LogP contribution in [-0.4, -0.2) is 49.0 Å². The highest BCUT2D eigenvalue weighted by Crippen LogP contribution is 2.31. The van der Waals surface area contributed by atoms with Crippen molar-refractivity contribution in [2.24, 2.45) is 0 Å². The largest absolute Gasteiger partial charge is 0.378 e. The lowest BCUT2D eigenvalue weighted by molar-refractivity contribution is -0.139. The normalized spacial score (nSPS) is 13.0. The molecule has 43 heavy (non-hydrogen) atoms. The minimum absolute atomic E-state index is 0.0390. The zero-order valence-electron chi connectivity index (χ0n) is 23.5. The first-order valence-electron chi connectivity index (χ1n) is 13.4. The lowest BCUT2D eigenvalue weighted by Gasteiger charge is -2.33. The molecule has 1 N–H and O–H groups in total. The van der Waals surface area contributed by atoms with Gasteiger partial charge in [-0.3, -0.25) is 24.1 Å². The van der Waals surface area contributed by atoms with Crippen molar-refractivity contribution in [2.75, 3.05) is 35.8 Å². The molecule has 1 aliphatic rings. The fourth-order valence-electron chi connectivity index (χ4n) is 4.91. The van der Waals surface area contributed by atoms with E-state index in [2.05, 4.69) is 5.32 Å². The molecule has 0 fully saturated rings. The first-order chi connectivity index (χ1) is 20.6. The predicted octanol–water partition coefficient (Wildman–Crippen LogP) is 5.48. The molecule has 8 nitrogen and oxygen atoms in total. The van der Waals surface area contributed by atoms with E-state index in [0.717, 1.165) is 10.6 Å². The summed E-state index contributed by atoms with van der Waals surface area (Å²) in [6.45, 7) is -0.527. The molecule has 1 heterocycles. The molecular formula is C33H28ClFN4O4. The van der Waals surface area contributed by atoms with Gasteiger partial charge in [-0.05, 0) is 71.8 Å². The van der Waals surface area contributed by atoms with Gasteiger partial charge in [0.2, 0.25) is 5.91 Å². The molecule has 1 unspecified atom stereocenters. The van der Waals surface area contributed by atoms with Gasteiger partial charge in [-0.15, -0.1) is 0 Å². The van der Waals surface area contributed by atoms with Crippen molar-refractivity contribution in [2.45, 2.75) is 12.6 Å². The molecule has 0 aromatic heterocycles. The van der Waals surface area contributed by atoms with E-state index in [4.69, 9.17) is 11.6 Å². The number of halogens is 2. The molecule has 0 bridgehead atoms. The molecular weight excluding hydrogens is 571 g/mol. The summed E-state index contributed by atoms with van der Waals surface area (Å²) in [4.78, 5) is 58.0. The third kappa shape index (κ3) is 6.42. The minimum Gasteiger partial charge on any atom is -0.378 e. The van der Waals surface area contributed by atoms with E-state index in [1.807, 2.05) is 31.1 Å². The maximum Gasteiger partial charge on any atom is 0.299 e. The quantitative estimate of drug-likeness (QED) is 0.258. The number of hydrogen-bond donors (Lipinski definition) is 1. The van der Waals surface area contributed by atoms with Crippen molar-refractivity contribution < 1.29 is 23.6 Å². The fourth-order valence-corrected chi connectivity index (χ4v) is 5.04. The Bertz CT molecular complexity index is 1670. The Balaban J connectivity index is 1.53. The second kappa shape index (κ2) is 12.5. The van der Waals surface area contributed by atoms with Crippen LogP contribution in [0.15, 0.2) is 97.1 Å². The Morgan fingerprint density at radius 3 is 2.19 bits per heavy atom.